The molecule has 0 bridgehead atoms. The number of rotatable bonds is 11. The molecular formula is C38H32N6O2. The van der Waals surface area contributed by atoms with E-state index in [1.807, 2.05) is 133 Å². The molecule has 2 aromatic carbocycles. The van der Waals surface area contributed by atoms with Crippen LogP contribution in [0.5, 0.6) is 0 Å². The van der Waals surface area contributed by atoms with Gasteiger partial charge >= 0.3 is 0 Å². The third kappa shape index (κ3) is 7.73. The predicted molar refractivity (Wildman–Crippen MR) is 176 cm³/mol. The Hall–Kier alpha value is -6.02. The van der Waals surface area contributed by atoms with Crippen LogP contribution in [-0.2, 0) is 26.2 Å². The summed E-state index contributed by atoms with van der Waals surface area (Å²) in [6.07, 6.45) is 3.45. The van der Waals surface area contributed by atoms with Gasteiger partial charge in [0.2, 0.25) is 0 Å². The lowest BCUT2D eigenvalue weighted by Crippen LogP contribution is -2.31. The molecule has 8 nitrogen and oxygen atoms in total. The Morgan fingerprint density at radius 2 is 0.783 bits per heavy atom. The van der Waals surface area contributed by atoms with Gasteiger partial charge in [0, 0.05) is 23.5 Å². The molecule has 0 spiro atoms. The molecule has 46 heavy (non-hydrogen) atoms. The van der Waals surface area contributed by atoms with Crippen LogP contribution in [0.15, 0.2) is 146 Å². The molecule has 0 N–H and O–H groups in total. The van der Waals surface area contributed by atoms with E-state index >= 15 is 0 Å². The monoisotopic (exact) mass is 604 g/mol. The Labute approximate surface area is 268 Å². The minimum Gasteiger partial charge on any atom is -0.327 e. The van der Waals surface area contributed by atoms with E-state index in [4.69, 9.17) is 9.97 Å². The average Bonchev–Trinajstić information content (AvgIpc) is 3.12. The van der Waals surface area contributed by atoms with Crippen molar-refractivity contribution in [2.75, 3.05) is 0 Å². The second kappa shape index (κ2) is 14.6. The van der Waals surface area contributed by atoms with Crippen molar-refractivity contribution in [3.63, 3.8) is 0 Å². The number of hydrogen-bond acceptors (Lipinski definition) is 6. The number of hydrogen-bond donors (Lipinski definition) is 0. The number of carbonyl (C=O) groups excluding carboxylic acids is 2. The molecule has 0 fully saturated rings. The molecule has 2 amide bonds. The first-order valence-corrected chi connectivity index (χ1v) is 15.0. The predicted octanol–water partition coefficient (Wildman–Crippen LogP) is 6.62. The summed E-state index contributed by atoms with van der Waals surface area (Å²) in [5.74, 6) is -0.204. The van der Waals surface area contributed by atoms with Gasteiger partial charge in [-0.15, -0.1) is 0 Å². The number of aromatic nitrogens is 4. The molecule has 0 unspecified atom stereocenters. The summed E-state index contributed by atoms with van der Waals surface area (Å²) >= 11 is 0. The van der Waals surface area contributed by atoms with Gasteiger partial charge in [0.15, 0.2) is 0 Å². The molecule has 4 aromatic heterocycles. The molecule has 226 valence electrons. The second-order valence-electron chi connectivity index (χ2n) is 10.7. The van der Waals surface area contributed by atoms with Gasteiger partial charge in [0.1, 0.15) is 0 Å². The fraction of sp³-hybridized carbons (Fsp3) is 0.105. The summed E-state index contributed by atoms with van der Waals surface area (Å²) in [7, 11) is 0. The molecule has 6 rings (SSSR count). The molecule has 4 heterocycles. The third-order valence-corrected chi connectivity index (χ3v) is 7.36. The van der Waals surface area contributed by atoms with Gasteiger partial charge in [-0.3, -0.25) is 19.6 Å². The molecule has 0 aliphatic carbocycles. The maximum Gasteiger partial charge on any atom is 0.254 e. The van der Waals surface area contributed by atoms with E-state index in [1.54, 1.807) is 22.2 Å². The van der Waals surface area contributed by atoms with Gasteiger partial charge in [-0.05, 0) is 72.8 Å². The van der Waals surface area contributed by atoms with Crippen molar-refractivity contribution in [1.29, 1.82) is 0 Å². The van der Waals surface area contributed by atoms with Gasteiger partial charge in [-0.2, -0.15) is 0 Å². The van der Waals surface area contributed by atoms with E-state index in [9.17, 15) is 9.59 Å². The van der Waals surface area contributed by atoms with Gasteiger partial charge in [0.05, 0.1) is 60.3 Å². The summed E-state index contributed by atoms with van der Waals surface area (Å²) in [5.41, 5.74) is 5.58. The van der Waals surface area contributed by atoms with Crippen LogP contribution in [0.25, 0.3) is 11.4 Å². The van der Waals surface area contributed by atoms with Gasteiger partial charge < -0.3 is 9.80 Å². The molecule has 0 aliphatic rings. The van der Waals surface area contributed by atoms with Crippen LogP contribution in [0, 0.1) is 0 Å². The number of amides is 2. The molecule has 0 saturated carbocycles. The fourth-order valence-corrected chi connectivity index (χ4v) is 5.11. The quantitative estimate of drug-likeness (QED) is 0.165. The van der Waals surface area contributed by atoms with Crippen molar-refractivity contribution in [3.05, 3.63) is 180 Å². The van der Waals surface area contributed by atoms with Crippen molar-refractivity contribution < 1.29 is 9.59 Å². The summed E-state index contributed by atoms with van der Waals surface area (Å²) in [4.78, 5) is 49.3. The van der Waals surface area contributed by atoms with Crippen LogP contribution < -0.4 is 0 Å². The fourth-order valence-electron chi connectivity index (χ4n) is 5.11. The Balaban J connectivity index is 1.24. The third-order valence-electron chi connectivity index (χ3n) is 7.36. The van der Waals surface area contributed by atoms with Crippen LogP contribution in [0.2, 0.25) is 0 Å². The Morgan fingerprint density at radius 3 is 1.17 bits per heavy atom. The molecule has 6 aromatic rings. The first-order valence-electron chi connectivity index (χ1n) is 15.0. The smallest absolute Gasteiger partial charge is 0.254 e. The van der Waals surface area contributed by atoms with Crippen molar-refractivity contribution in [1.82, 2.24) is 29.7 Å². The van der Waals surface area contributed by atoms with Crippen molar-refractivity contribution in [3.8, 4) is 11.4 Å². The topological polar surface area (TPSA) is 92.2 Å². The van der Waals surface area contributed by atoms with Gasteiger partial charge in [-0.25, -0.2) is 9.97 Å². The molecule has 0 atom stereocenters. The molecule has 0 radical (unpaired) electrons. The van der Waals surface area contributed by atoms with Crippen LogP contribution in [0.3, 0.4) is 0 Å². The van der Waals surface area contributed by atoms with Gasteiger partial charge in [0.25, 0.3) is 11.8 Å². The first kappa shape index (κ1) is 30.0. The van der Waals surface area contributed by atoms with E-state index in [2.05, 4.69) is 9.97 Å². The normalized spacial score (nSPS) is 10.7. The van der Waals surface area contributed by atoms with Crippen molar-refractivity contribution in [2.24, 2.45) is 0 Å². The lowest BCUT2D eigenvalue weighted by molar-refractivity contribution is 0.0719. The highest BCUT2D eigenvalue weighted by Gasteiger charge is 2.20. The number of pyridine rings is 4. The molecule has 8 heteroatoms. The van der Waals surface area contributed by atoms with E-state index in [1.165, 1.54) is 0 Å². The molecular weight excluding hydrogens is 572 g/mol. The van der Waals surface area contributed by atoms with Crippen LogP contribution in [0.1, 0.15) is 43.5 Å². The van der Waals surface area contributed by atoms with Crippen molar-refractivity contribution in [2.45, 2.75) is 26.2 Å². The van der Waals surface area contributed by atoms with E-state index in [-0.39, 0.29) is 11.8 Å². The number of carbonyl (C=O) groups is 2. The van der Waals surface area contributed by atoms with E-state index < -0.39 is 0 Å². The number of benzene rings is 2. The average molecular weight is 605 g/mol. The molecule has 0 saturated heterocycles. The largest absolute Gasteiger partial charge is 0.327 e. The maximum absolute atomic E-state index is 13.6. The SMILES string of the molecule is O=C(c1ccccc1)N(Cc1ccccn1)Cc1cccc(-c2cccc(CN(Cc3ccccn3)C(=O)c3ccccc3)n2)n1. The Morgan fingerprint density at radius 1 is 0.413 bits per heavy atom. The summed E-state index contributed by atoms with van der Waals surface area (Å²) < 4.78 is 0. The minimum absolute atomic E-state index is 0.102. The lowest BCUT2D eigenvalue weighted by Gasteiger charge is -2.23. The van der Waals surface area contributed by atoms with Crippen molar-refractivity contribution >= 4 is 11.8 Å². The standard InChI is InChI=1S/C38H32N6O2/c45-37(29-13-3-1-4-14-29)43(25-31-17-7-9-23-39-31)27-33-19-11-21-35(41-33)36-22-12-20-34(42-36)28-44(26-32-18-8-10-24-40-32)38(46)30-15-5-2-6-16-30/h1-24H,25-28H2. The number of nitrogens with zero attached hydrogens (tertiary/aromatic N) is 6. The zero-order valence-electron chi connectivity index (χ0n) is 25.2. The van der Waals surface area contributed by atoms with Crippen LogP contribution in [-0.4, -0.2) is 41.6 Å². The Kier molecular flexibility index (Phi) is 9.55. The second-order valence-corrected chi connectivity index (χ2v) is 10.7. The zero-order chi connectivity index (χ0) is 31.6. The highest BCUT2D eigenvalue weighted by atomic mass is 16.2. The van der Waals surface area contributed by atoms with Crippen LogP contribution >= 0.6 is 0 Å². The molecule has 0 aliphatic heterocycles. The summed E-state index contributed by atoms with van der Waals surface area (Å²) in [6.45, 7) is 1.27. The van der Waals surface area contributed by atoms with E-state index in [0.717, 1.165) is 22.8 Å². The van der Waals surface area contributed by atoms with Gasteiger partial charge in [-0.1, -0.05) is 60.7 Å². The highest BCUT2D eigenvalue weighted by molar-refractivity contribution is 5.94. The Bertz CT molecular complexity index is 1750. The summed E-state index contributed by atoms with van der Waals surface area (Å²) in [6, 6.07) is 41.3. The van der Waals surface area contributed by atoms with E-state index in [0.29, 0.717) is 48.7 Å². The maximum atomic E-state index is 13.6. The van der Waals surface area contributed by atoms with Crippen LogP contribution in [0.4, 0.5) is 0 Å². The first-order chi connectivity index (χ1) is 22.6. The minimum atomic E-state index is -0.102. The highest BCUT2D eigenvalue weighted by Crippen LogP contribution is 2.20. The zero-order valence-corrected chi connectivity index (χ0v) is 25.2. The summed E-state index contributed by atoms with van der Waals surface area (Å²) in [5, 5.41) is 0. The lowest BCUT2D eigenvalue weighted by atomic mass is 10.1.